The van der Waals surface area contributed by atoms with Crippen LogP contribution in [0.4, 0.5) is 0 Å². The van der Waals surface area contributed by atoms with Gasteiger partial charge in [-0.1, -0.05) is 6.42 Å². The fraction of sp³-hybridized carbons (Fsp3) is 1.00. The van der Waals surface area contributed by atoms with Crippen molar-refractivity contribution >= 4 is 11.8 Å². The lowest BCUT2D eigenvalue weighted by atomic mass is 10.2. The molecule has 1 saturated heterocycles. The molecule has 1 aliphatic heterocycles. The Bertz CT molecular complexity index is 211. The normalized spacial score (nSPS) is 21.8. The molecule has 2 atom stereocenters. The molecule has 1 rings (SSSR count). The van der Waals surface area contributed by atoms with E-state index in [2.05, 4.69) is 17.1 Å². The summed E-state index contributed by atoms with van der Waals surface area (Å²) in [7, 11) is 0. The molecule has 1 heterocycles. The first-order valence-corrected chi connectivity index (χ1v) is 8.43. The summed E-state index contributed by atoms with van der Waals surface area (Å²) in [6, 6.07) is 0. The molecule has 0 saturated carbocycles. The third-order valence-electron chi connectivity index (χ3n) is 3.02. The van der Waals surface area contributed by atoms with Crippen molar-refractivity contribution in [3.05, 3.63) is 0 Å². The van der Waals surface area contributed by atoms with Crippen molar-refractivity contribution in [3.8, 4) is 0 Å². The van der Waals surface area contributed by atoms with E-state index in [0.717, 1.165) is 11.8 Å². The van der Waals surface area contributed by atoms with Gasteiger partial charge in [0, 0.05) is 18.3 Å². The molecule has 0 aromatic rings. The molecule has 0 aromatic heterocycles. The molecule has 0 spiro atoms. The van der Waals surface area contributed by atoms with Crippen molar-refractivity contribution < 1.29 is 14.6 Å². The Morgan fingerprint density at radius 3 is 2.84 bits per heavy atom. The van der Waals surface area contributed by atoms with Crippen LogP contribution in [0.15, 0.2) is 0 Å². The molecule has 2 unspecified atom stereocenters. The minimum atomic E-state index is -0.423. The maximum Gasteiger partial charge on any atom is 0.0897 e. The molecule has 1 aliphatic rings. The quantitative estimate of drug-likeness (QED) is 0.600. The first kappa shape index (κ1) is 17.2. The lowest BCUT2D eigenvalue weighted by molar-refractivity contribution is -0.00990. The van der Waals surface area contributed by atoms with Gasteiger partial charge in [-0.3, -0.25) is 0 Å². The molecule has 0 aliphatic carbocycles. The number of aliphatic hydroxyl groups excluding tert-OH is 1. The van der Waals surface area contributed by atoms with Gasteiger partial charge in [-0.25, -0.2) is 0 Å². The van der Waals surface area contributed by atoms with E-state index >= 15 is 0 Å². The summed E-state index contributed by atoms with van der Waals surface area (Å²) in [6.45, 7) is 7.14. The molecule has 0 amide bonds. The topological polar surface area (TPSA) is 50.7 Å². The van der Waals surface area contributed by atoms with E-state index in [-0.39, 0.29) is 6.10 Å². The molecule has 114 valence electrons. The lowest BCUT2D eigenvalue weighted by Gasteiger charge is -2.22. The highest BCUT2D eigenvalue weighted by Crippen LogP contribution is 2.24. The van der Waals surface area contributed by atoms with Gasteiger partial charge in [-0.15, -0.1) is 0 Å². The SMILES string of the molecule is CC(C)OCCOCC(O)CNCC1CCCCS1. The lowest BCUT2D eigenvalue weighted by Crippen LogP contribution is -2.35. The largest absolute Gasteiger partial charge is 0.389 e. The fourth-order valence-corrected chi connectivity index (χ4v) is 3.27. The van der Waals surface area contributed by atoms with Gasteiger partial charge in [0.15, 0.2) is 0 Å². The molecule has 2 N–H and O–H groups in total. The second-order valence-electron chi connectivity index (χ2n) is 5.30. The molecular formula is C14H29NO3S. The second-order valence-corrected chi connectivity index (χ2v) is 6.70. The zero-order valence-corrected chi connectivity index (χ0v) is 13.1. The summed E-state index contributed by atoms with van der Waals surface area (Å²) in [6.07, 6.45) is 3.82. The van der Waals surface area contributed by atoms with Crippen molar-refractivity contribution in [3.63, 3.8) is 0 Å². The summed E-state index contributed by atoms with van der Waals surface area (Å²) in [5, 5.41) is 13.8. The van der Waals surface area contributed by atoms with Gasteiger partial charge < -0.3 is 19.9 Å². The van der Waals surface area contributed by atoms with Crippen LogP contribution in [0, 0.1) is 0 Å². The summed E-state index contributed by atoms with van der Waals surface area (Å²) >= 11 is 2.05. The van der Waals surface area contributed by atoms with E-state index in [1.54, 1.807) is 0 Å². The number of nitrogens with one attached hydrogen (secondary N) is 1. The number of thioether (sulfide) groups is 1. The number of aliphatic hydroxyl groups is 1. The van der Waals surface area contributed by atoms with Crippen LogP contribution >= 0.6 is 11.8 Å². The first-order chi connectivity index (χ1) is 9.18. The molecule has 0 bridgehead atoms. The van der Waals surface area contributed by atoms with E-state index in [4.69, 9.17) is 9.47 Å². The highest BCUT2D eigenvalue weighted by Gasteiger charge is 2.13. The molecule has 4 nitrogen and oxygen atoms in total. The molecule has 1 fully saturated rings. The van der Waals surface area contributed by atoms with Gasteiger partial charge in [0.25, 0.3) is 0 Å². The minimum absolute atomic E-state index is 0.239. The van der Waals surface area contributed by atoms with Crippen LogP contribution in [0.3, 0.4) is 0 Å². The van der Waals surface area contributed by atoms with Crippen LogP contribution in [0.2, 0.25) is 0 Å². The van der Waals surface area contributed by atoms with E-state index in [1.807, 2.05) is 13.8 Å². The average molecular weight is 291 g/mol. The second kappa shape index (κ2) is 10.9. The van der Waals surface area contributed by atoms with Crippen LogP contribution in [0.5, 0.6) is 0 Å². The van der Waals surface area contributed by atoms with Crippen molar-refractivity contribution in [1.29, 1.82) is 0 Å². The highest BCUT2D eigenvalue weighted by molar-refractivity contribution is 7.99. The van der Waals surface area contributed by atoms with Crippen LogP contribution in [-0.2, 0) is 9.47 Å². The molecule has 0 radical (unpaired) electrons. The van der Waals surface area contributed by atoms with Gasteiger partial charge in [-0.05, 0) is 32.4 Å². The van der Waals surface area contributed by atoms with E-state index in [0.29, 0.717) is 26.4 Å². The Hall–Kier alpha value is 0.190. The molecule has 0 aromatic carbocycles. The zero-order chi connectivity index (χ0) is 13.9. The van der Waals surface area contributed by atoms with Crippen molar-refractivity contribution in [1.82, 2.24) is 5.32 Å². The van der Waals surface area contributed by atoms with Crippen LogP contribution in [0.1, 0.15) is 33.1 Å². The van der Waals surface area contributed by atoms with Gasteiger partial charge in [-0.2, -0.15) is 11.8 Å². The fourth-order valence-electron chi connectivity index (χ4n) is 2.00. The van der Waals surface area contributed by atoms with E-state index in [9.17, 15) is 5.11 Å². The monoisotopic (exact) mass is 291 g/mol. The van der Waals surface area contributed by atoms with Crippen molar-refractivity contribution in [2.24, 2.45) is 0 Å². The Morgan fingerprint density at radius 2 is 2.16 bits per heavy atom. The number of hydrogen-bond donors (Lipinski definition) is 2. The molecule has 19 heavy (non-hydrogen) atoms. The Balaban J connectivity index is 1.88. The first-order valence-electron chi connectivity index (χ1n) is 7.38. The average Bonchev–Trinajstić information content (AvgIpc) is 2.39. The number of hydrogen-bond acceptors (Lipinski definition) is 5. The predicted octanol–water partition coefficient (Wildman–Crippen LogP) is 1.66. The summed E-state index contributed by atoms with van der Waals surface area (Å²) in [5.74, 6) is 1.29. The summed E-state index contributed by atoms with van der Waals surface area (Å²) in [5.41, 5.74) is 0. The smallest absolute Gasteiger partial charge is 0.0897 e. The van der Waals surface area contributed by atoms with Crippen LogP contribution < -0.4 is 5.32 Å². The van der Waals surface area contributed by atoms with Crippen LogP contribution in [-0.4, -0.2) is 61.2 Å². The number of rotatable bonds is 10. The molecular weight excluding hydrogens is 262 g/mol. The number of ether oxygens (including phenoxy) is 2. The minimum Gasteiger partial charge on any atom is -0.389 e. The zero-order valence-electron chi connectivity index (χ0n) is 12.3. The highest BCUT2D eigenvalue weighted by atomic mass is 32.2. The standard InChI is InChI=1S/C14H29NO3S/c1-12(2)18-7-6-17-11-13(16)9-15-10-14-5-3-4-8-19-14/h12-16H,3-11H2,1-2H3. The van der Waals surface area contributed by atoms with Gasteiger partial charge >= 0.3 is 0 Å². The van der Waals surface area contributed by atoms with Gasteiger partial charge in [0.05, 0.1) is 32.0 Å². The maximum absolute atomic E-state index is 9.75. The van der Waals surface area contributed by atoms with Gasteiger partial charge in [0.1, 0.15) is 0 Å². The summed E-state index contributed by atoms with van der Waals surface area (Å²) < 4.78 is 10.7. The third kappa shape index (κ3) is 9.68. The maximum atomic E-state index is 9.75. The molecule has 5 heteroatoms. The van der Waals surface area contributed by atoms with Crippen LogP contribution in [0.25, 0.3) is 0 Å². The predicted molar refractivity (Wildman–Crippen MR) is 80.9 cm³/mol. The van der Waals surface area contributed by atoms with Gasteiger partial charge in [0.2, 0.25) is 0 Å². The van der Waals surface area contributed by atoms with E-state index in [1.165, 1.54) is 25.0 Å². The van der Waals surface area contributed by atoms with E-state index < -0.39 is 6.10 Å². The Labute approximate surface area is 121 Å². The third-order valence-corrected chi connectivity index (χ3v) is 4.41. The van der Waals surface area contributed by atoms with Crippen molar-refractivity contribution in [2.45, 2.75) is 50.6 Å². The Kier molecular flexibility index (Phi) is 9.91. The van der Waals surface area contributed by atoms with Crippen molar-refractivity contribution in [2.75, 3.05) is 38.7 Å². The Morgan fingerprint density at radius 1 is 1.32 bits per heavy atom. The summed E-state index contributed by atoms with van der Waals surface area (Å²) in [4.78, 5) is 0.